The fourth-order valence-corrected chi connectivity index (χ4v) is 1.35. The second-order valence-corrected chi connectivity index (χ2v) is 3.82. The summed E-state index contributed by atoms with van der Waals surface area (Å²) in [6.45, 7) is 4.78. The predicted molar refractivity (Wildman–Crippen MR) is 51.3 cm³/mol. The maximum absolute atomic E-state index is 12.6. The van der Waals surface area contributed by atoms with Crippen molar-refractivity contribution < 1.29 is 9.13 Å². The van der Waals surface area contributed by atoms with Gasteiger partial charge in [-0.1, -0.05) is 26.0 Å². The SMILES string of the molecule is COCC(C)(C)c1ccc(F)cc1. The van der Waals surface area contributed by atoms with Gasteiger partial charge in [0.05, 0.1) is 6.61 Å². The first-order valence-corrected chi connectivity index (χ1v) is 4.31. The molecule has 0 N–H and O–H groups in total. The Balaban J connectivity index is 2.87. The van der Waals surface area contributed by atoms with Gasteiger partial charge in [-0.25, -0.2) is 4.39 Å². The lowest BCUT2D eigenvalue weighted by Gasteiger charge is -2.23. The minimum atomic E-state index is -0.197. The highest BCUT2D eigenvalue weighted by atomic mass is 19.1. The molecule has 0 aliphatic heterocycles. The average molecular weight is 182 g/mol. The van der Waals surface area contributed by atoms with E-state index < -0.39 is 0 Å². The van der Waals surface area contributed by atoms with Gasteiger partial charge in [0.15, 0.2) is 0 Å². The van der Waals surface area contributed by atoms with Crippen LogP contribution in [0.15, 0.2) is 24.3 Å². The first kappa shape index (κ1) is 10.2. The Kier molecular flexibility index (Phi) is 3.04. The number of benzene rings is 1. The van der Waals surface area contributed by atoms with E-state index in [4.69, 9.17) is 4.74 Å². The zero-order chi connectivity index (χ0) is 9.90. The van der Waals surface area contributed by atoms with E-state index in [1.807, 2.05) is 0 Å². The van der Waals surface area contributed by atoms with Crippen LogP contribution in [0, 0.1) is 5.82 Å². The molecule has 0 amide bonds. The summed E-state index contributed by atoms with van der Waals surface area (Å²) in [5, 5.41) is 0. The third-order valence-corrected chi connectivity index (χ3v) is 2.13. The molecule has 1 aromatic carbocycles. The molecule has 0 aliphatic rings. The molecule has 0 fully saturated rings. The Morgan fingerprint density at radius 1 is 1.23 bits per heavy atom. The minimum absolute atomic E-state index is 0.0531. The van der Waals surface area contributed by atoms with Crippen LogP contribution in [0.1, 0.15) is 19.4 Å². The van der Waals surface area contributed by atoms with Gasteiger partial charge in [0.2, 0.25) is 0 Å². The van der Waals surface area contributed by atoms with Crippen molar-refractivity contribution in [3.8, 4) is 0 Å². The van der Waals surface area contributed by atoms with Gasteiger partial charge in [0, 0.05) is 12.5 Å². The van der Waals surface area contributed by atoms with Crippen molar-refractivity contribution in [1.29, 1.82) is 0 Å². The van der Waals surface area contributed by atoms with Crippen molar-refractivity contribution in [1.82, 2.24) is 0 Å². The van der Waals surface area contributed by atoms with Crippen molar-refractivity contribution in [3.63, 3.8) is 0 Å². The minimum Gasteiger partial charge on any atom is -0.384 e. The van der Waals surface area contributed by atoms with Crippen molar-refractivity contribution >= 4 is 0 Å². The smallest absolute Gasteiger partial charge is 0.123 e. The number of ether oxygens (including phenoxy) is 1. The van der Waals surface area contributed by atoms with E-state index in [-0.39, 0.29) is 11.2 Å². The Hall–Kier alpha value is -0.890. The fraction of sp³-hybridized carbons (Fsp3) is 0.455. The molecule has 0 aliphatic carbocycles. The third-order valence-electron chi connectivity index (χ3n) is 2.13. The standard InChI is InChI=1S/C11H15FO/c1-11(2,8-13-3)9-4-6-10(12)7-5-9/h4-7H,8H2,1-3H3. The van der Waals surface area contributed by atoms with E-state index >= 15 is 0 Å². The molecule has 72 valence electrons. The van der Waals surface area contributed by atoms with Gasteiger partial charge >= 0.3 is 0 Å². The molecule has 0 spiro atoms. The Morgan fingerprint density at radius 3 is 2.23 bits per heavy atom. The normalized spacial score (nSPS) is 11.7. The lowest BCUT2D eigenvalue weighted by Crippen LogP contribution is -2.23. The largest absolute Gasteiger partial charge is 0.384 e. The van der Waals surface area contributed by atoms with Crippen LogP contribution in [-0.2, 0) is 10.2 Å². The van der Waals surface area contributed by atoms with Crippen molar-refractivity contribution in [3.05, 3.63) is 35.6 Å². The van der Waals surface area contributed by atoms with Crippen LogP contribution in [0.2, 0.25) is 0 Å². The van der Waals surface area contributed by atoms with E-state index in [9.17, 15) is 4.39 Å². The molecule has 1 rings (SSSR count). The molecule has 0 saturated carbocycles. The Morgan fingerprint density at radius 2 is 1.77 bits per heavy atom. The maximum atomic E-state index is 12.6. The van der Waals surface area contributed by atoms with Crippen LogP contribution in [0.5, 0.6) is 0 Å². The van der Waals surface area contributed by atoms with E-state index in [0.717, 1.165) is 5.56 Å². The highest BCUT2D eigenvalue weighted by Crippen LogP contribution is 2.23. The van der Waals surface area contributed by atoms with Crippen molar-refractivity contribution in [2.24, 2.45) is 0 Å². The van der Waals surface area contributed by atoms with Crippen molar-refractivity contribution in [2.75, 3.05) is 13.7 Å². The van der Waals surface area contributed by atoms with Gasteiger partial charge in [0.25, 0.3) is 0 Å². The summed E-state index contributed by atoms with van der Waals surface area (Å²) in [6, 6.07) is 6.56. The highest BCUT2D eigenvalue weighted by molar-refractivity contribution is 5.24. The number of rotatable bonds is 3. The number of methoxy groups -OCH3 is 1. The molecule has 0 atom stereocenters. The lowest BCUT2D eigenvalue weighted by atomic mass is 9.86. The van der Waals surface area contributed by atoms with Crippen LogP contribution in [-0.4, -0.2) is 13.7 Å². The fourth-order valence-electron chi connectivity index (χ4n) is 1.35. The summed E-state index contributed by atoms with van der Waals surface area (Å²) in [7, 11) is 1.67. The topological polar surface area (TPSA) is 9.23 Å². The van der Waals surface area contributed by atoms with Gasteiger partial charge in [-0.3, -0.25) is 0 Å². The van der Waals surface area contributed by atoms with E-state index in [1.165, 1.54) is 12.1 Å². The van der Waals surface area contributed by atoms with Gasteiger partial charge in [0.1, 0.15) is 5.82 Å². The second-order valence-electron chi connectivity index (χ2n) is 3.82. The summed E-state index contributed by atoms with van der Waals surface area (Å²) in [4.78, 5) is 0. The van der Waals surface area contributed by atoms with E-state index in [2.05, 4.69) is 13.8 Å². The summed E-state index contributed by atoms with van der Waals surface area (Å²) < 4.78 is 17.7. The Bertz CT molecular complexity index is 264. The summed E-state index contributed by atoms with van der Waals surface area (Å²) >= 11 is 0. The number of hydrogen-bond acceptors (Lipinski definition) is 1. The third kappa shape index (κ3) is 2.52. The second kappa shape index (κ2) is 3.88. The molecule has 0 radical (unpaired) electrons. The van der Waals surface area contributed by atoms with Gasteiger partial charge in [-0.05, 0) is 17.7 Å². The molecular weight excluding hydrogens is 167 g/mol. The molecule has 0 bridgehead atoms. The van der Waals surface area contributed by atoms with Gasteiger partial charge in [-0.2, -0.15) is 0 Å². The summed E-state index contributed by atoms with van der Waals surface area (Å²) in [6.07, 6.45) is 0. The van der Waals surface area contributed by atoms with Gasteiger partial charge < -0.3 is 4.74 Å². The molecule has 0 saturated heterocycles. The summed E-state index contributed by atoms with van der Waals surface area (Å²) in [5.74, 6) is -0.197. The average Bonchev–Trinajstić information content (AvgIpc) is 2.05. The Labute approximate surface area is 78.5 Å². The molecule has 1 nitrogen and oxygen atoms in total. The molecule has 1 aromatic rings. The number of hydrogen-bond donors (Lipinski definition) is 0. The lowest BCUT2D eigenvalue weighted by molar-refractivity contribution is 0.146. The first-order valence-electron chi connectivity index (χ1n) is 4.31. The zero-order valence-corrected chi connectivity index (χ0v) is 8.30. The van der Waals surface area contributed by atoms with Crippen LogP contribution in [0.25, 0.3) is 0 Å². The van der Waals surface area contributed by atoms with Crippen LogP contribution < -0.4 is 0 Å². The van der Waals surface area contributed by atoms with E-state index in [0.29, 0.717) is 6.61 Å². The predicted octanol–water partition coefficient (Wildman–Crippen LogP) is 2.75. The molecule has 0 heterocycles. The molecule has 0 unspecified atom stereocenters. The maximum Gasteiger partial charge on any atom is 0.123 e. The first-order chi connectivity index (χ1) is 6.06. The molecular formula is C11H15FO. The monoisotopic (exact) mass is 182 g/mol. The van der Waals surface area contributed by atoms with Crippen LogP contribution in [0.3, 0.4) is 0 Å². The number of halogens is 1. The molecule has 13 heavy (non-hydrogen) atoms. The van der Waals surface area contributed by atoms with Crippen molar-refractivity contribution in [2.45, 2.75) is 19.3 Å². The van der Waals surface area contributed by atoms with E-state index in [1.54, 1.807) is 19.2 Å². The van der Waals surface area contributed by atoms with Crippen LogP contribution in [0.4, 0.5) is 4.39 Å². The van der Waals surface area contributed by atoms with Crippen LogP contribution >= 0.6 is 0 Å². The zero-order valence-electron chi connectivity index (χ0n) is 8.30. The molecule has 2 heteroatoms. The highest BCUT2D eigenvalue weighted by Gasteiger charge is 2.19. The van der Waals surface area contributed by atoms with Gasteiger partial charge in [-0.15, -0.1) is 0 Å². The quantitative estimate of drug-likeness (QED) is 0.698. The summed E-state index contributed by atoms with van der Waals surface area (Å²) in [5.41, 5.74) is 1.04. The molecule has 0 aromatic heterocycles.